The number of hydrogen-bond donors (Lipinski definition) is 1. The van der Waals surface area contributed by atoms with Gasteiger partial charge in [-0.3, -0.25) is 4.90 Å². The Morgan fingerprint density at radius 2 is 1.54 bits per heavy atom. The fourth-order valence-electron chi connectivity index (χ4n) is 5.27. The Morgan fingerprint density at radius 1 is 0.923 bits per heavy atom. The van der Waals surface area contributed by atoms with Gasteiger partial charge in [0.25, 0.3) is 0 Å². The quantitative estimate of drug-likeness (QED) is 0.400. The molecule has 1 N–H and O–H groups in total. The van der Waals surface area contributed by atoms with Gasteiger partial charge in [-0.15, -0.1) is 16.9 Å². The largest absolute Gasteiger partial charge is 0.329 e. The van der Waals surface area contributed by atoms with Gasteiger partial charge < -0.3 is 14.7 Å². The summed E-state index contributed by atoms with van der Waals surface area (Å²) in [6, 6.07) is 28.1. The molecule has 2 aliphatic heterocycles. The molecule has 0 spiro atoms. The smallest absolute Gasteiger partial charge is 0.323 e. The molecule has 198 valence electrons. The Kier molecular flexibility index (Phi) is 6.89. The lowest BCUT2D eigenvalue weighted by atomic mass is 10.1. The van der Waals surface area contributed by atoms with Gasteiger partial charge in [0.2, 0.25) is 0 Å². The number of fused-ring (bicyclic) bond motifs is 2. The summed E-state index contributed by atoms with van der Waals surface area (Å²) in [7, 11) is 1.81. The van der Waals surface area contributed by atoms with Gasteiger partial charge in [-0.1, -0.05) is 66.7 Å². The Hall–Kier alpha value is -4.38. The van der Waals surface area contributed by atoms with Crippen molar-refractivity contribution >= 4 is 35.2 Å². The Morgan fingerprint density at radius 3 is 2.13 bits per heavy atom. The first-order valence-electron chi connectivity index (χ1n) is 12.7. The maximum absolute atomic E-state index is 14.4. The third-order valence-electron chi connectivity index (χ3n) is 7.06. The third kappa shape index (κ3) is 4.81. The first kappa shape index (κ1) is 24.9. The molecule has 0 saturated carbocycles. The van der Waals surface area contributed by atoms with Crippen molar-refractivity contribution in [3.8, 4) is 0 Å². The average molecular weight is 541 g/mol. The molecule has 3 aromatic carbocycles. The van der Waals surface area contributed by atoms with Crippen LogP contribution in [0.3, 0.4) is 0 Å². The van der Waals surface area contributed by atoms with Gasteiger partial charge in [0.1, 0.15) is 11.4 Å². The summed E-state index contributed by atoms with van der Waals surface area (Å²) in [6.07, 6.45) is 0. The first-order chi connectivity index (χ1) is 19.1. The summed E-state index contributed by atoms with van der Waals surface area (Å²) in [6.45, 7) is 0.849. The van der Waals surface area contributed by atoms with Crippen molar-refractivity contribution in [1.82, 2.24) is 35.3 Å². The van der Waals surface area contributed by atoms with Crippen molar-refractivity contribution in [3.05, 3.63) is 102 Å². The first-order valence-corrected chi connectivity index (χ1v) is 13.8. The number of hydrogen-bond acceptors (Lipinski definition) is 6. The molecule has 6 rings (SSSR count). The highest BCUT2D eigenvalue weighted by molar-refractivity contribution is 8.00. The van der Waals surface area contributed by atoms with Crippen molar-refractivity contribution in [3.63, 3.8) is 0 Å². The molecule has 2 saturated heterocycles. The summed E-state index contributed by atoms with van der Waals surface area (Å²) in [5.74, 6) is 1.17. The number of H-pyrrole nitrogens is 1. The van der Waals surface area contributed by atoms with E-state index in [1.807, 2.05) is 103 Å². The predicted octanol–water partition coefficient (Wildman–Crippen LogP) is 4.51. The molecule has 0 aliphatic carbocycles. The van der Waals surface area contributed by atoms with E-state index in [1.165, 1.54) is 0 Å². The summed E-state index contributed by atoms with van der Waals surface area (Å²) >= 11 is 1.65. The summed E-state index contributed by atoms with van der Waals surface area (Å²) in [5.41, 5.74) is 2.56. The van der Waals surface area contributed by atoms with Gasteiger partial charge >= 0.3 is 12.1 Å². The molecule has 1 aromatic heterocycles. The number of para-hydroxylation sites is 2. The minimum Gasteiger partial charge on any atom is -0.323 e. The maximum Gasteiger partial charge on any atom is 0.329 e. The fraction of sp³-hybridized carbons (Fsp3) is 0.250. The van der Waals surface area contributed by atoms with E-state index < -0.39 is 6.04 Å². The number of aromatic nitrogens is 4. The Labute approximate surface area is 230 Å². The number of nitrogens with zero attached hydrogens (tertiary/aromatic N) is 7. The second kappa shape index (κ2) is 10.8. The molecule has 4 amide bonds. The monoisotopic (exact) mass is 540 g/mol. The van der Waals surface area contributed by atoms with Crippen LogP contribution in [-0.2, 0) is 6.54 Å². The van der Waals surface area contributed by atoms with E-state index in [1.54, 1.807) is 26.5 Å². The Balaban J connectivity index is 1.33. The molecular weight excluding hydrogens is 512 g/mol. The van der Waals surface area contributed by atoms with E-state index in [4.69, 9.17) is 0 Å². The molecule has 11 heteroatoms. The van der Waals surface area contributed by atoms with Crippen LogP contribution in [0, 0.1) is 0 Å². The zero-order valence-corrected chi connectivity index (χ0v) is 22.2. The molecule has 3 atom stereocenters. The number of anilines is 2. The van der Waals surface area contributed by atoms with E-state index in [0.717, 1.165) is 16.9 Å². The van der Waals surface area contributed by atoms with E-state index in [9.17, 15) is 9.59 Å². The number of carbonyl (C=O) groups excluding carboxylic acids is 2. The zero-order valence-electron chi connectivity index (χ0n) is 21.4. The molecule has 2 fully saturated rings. The number of amides is 4. The van der Waals surface area contributed by atoms with Gasteiger partial charge in [-0.05, 0) is 40.3 Å². The van der Waals surface area contributed by atoms with E-state index in [-0.39, 0.29) is 23.5 Å². The number of aromatic amines is 1. The van der Waals surface area contributed by atoms with Crippen molar-refractivity contribution in [2.75, 3.05) is 24.2 Å². The van der Waals surface area contributed by atoms with E-state index >= 15 is 0 Å². The van der Waals surface area contributed by atoms with Crippen LogP contribution in [0.2, 0.25) is 0 Å². The second-order valence-electron chi connectivity index (χ2n) is 9.58. The summed E-state index contributed by atoms with van der Waals surface area (Å²) in [5, 5.41) is 14.3. The normalized spacial score (nSPS) is 20.1. The number of nitrogens with one attached hydrogen (secondary N) is 1. The maximum atomic E-state index is 14.4. The van der Waals surface area contributed by atoms with E-state index in [0.29, 0.717) is 24.7 Å². The number of rotatable bonds is 5. The molecule has 4 aromatic rings. The van der Waals surface area contributed by atoms with Crippen molar-refractivity contribution < 1.29 is 9.59 Å². The van der Waals surface area contributed by atoms with Crippen LogP contribution in [0.5, 0.6) is 0 Å². The molecule has 2 aliphatic rings. The van der Waals surface area contributed by atoms with Gasteiger partial charge in [-0.2, -0.15) is 0 Å². The number of carbonyl (C=O) groups is 2. The van der Waals surface area contributed by atoms with Crippen LogP contribution in [0.15, 0.2) is 91.0 Å². The molecule has 2 bridgehead atoms. The number of urea groups is 2. The molecule has 39 heavy (non-hydrogen) atoms. The van der Waals surface area contributed by atoms with Gasteiger partial charge in [0.15, 0.2) is 5.82 Å². The fourth-order valence-corrected chi connectivity index (χ4v) is 6.83. The Bertz CT molecular complexity index is 1370. The van der Waals surface area contributed by atoms with Crippen LogP contribution in [0.4, 0.5) is 21.0 Å². The zero-order chi connectivity index (χ0) is 26.8. The summed E-state index contributed by atoms with van der Waals surface area (Å²) < 4.78 is 0. The molecule has 3 heterocycles. The third-order valence-corrected chi connectivity index (χ3v) is 8.46. The van der Waals surface area contributed by atoms with Crippen molar-refractivity contribution in [1.29, 1.82) is 0 Å². The average Bonchev–Trinajstić information content (AvgIpc) is 3.62. The van der Waals surface area contributed by atoms with Crippen LogP contribution in [-0.4, -0.2) is 78.1 Å². The molecular formula is C28H28N8O2S. The number of piperazine rings is 1. The van der Waals surface area contributed by atoms with Crippen LogP contribution in [0.25, 0.3) is 0 Å². The van der Waals surface area contributed by atoms with Crippen molar-refractivity contribution in [2.45, 2.75) is 24.0 Å². The lowest BCUT2D eigenvalue weighted by Gasteiger charge is -2.47. The number of benzene rings is 3. The topological polar surface area (TPSA) is 102 Å². The lowest BCUT2D eigenvalue weighted by Crippen LogP contribution is -2.62. The van der Waals surface area contributed by atoms with E-state index in [2.05, 4.69) is 20.6 Å². The standard InChI is InChI=1S/C28H28N8O2S/c1-33(17-20-11-5-2-6-12-20)27(37)36-23-18-34(24(26(36)39-19-23)25-29-31-32-30-25)28(38)35(21-13-7-3-8-14-21)22-15-9-4-10-16-22/h2-16,23-24,26H,17-19H2,1H3,(H,29,30,31,32)/t23-,24-,26-/m1/s1. The van der Waals surface area contributed by atoms with Crippen LogP contribution in [0.1, 0.15) is 17.4 Å². The minimum atomic E-state index is -0.555. The van der Waals surface area contributed by atoms with Crippen LogP contribution < -0.4 is 4.90 Å². The highest BCUT2D eigenvalue weighted by atomic mass is 32.2. The summed E-state index contributed by atoms with van der Waals surface area (Å²) in [4.78, 5) is 35.4. The number of thioether (sulfide) groups is 1. The predicted molar refractivity (Wildman–Crippen MR) is 149 cm³/mol. The second-order valence-corrected chi connectivity index (χ2v) is 10.7. The number of tetrazole rings is 1. The molecule has 0 radical (unpaired) electrons. The molecule has 10 nitrogen and oxygen atoms in total. The van der Waals surface area contributed by atoms with Gasteiger partial charge in [0.05, 0.1) is 17.4 Å². The van der Waals surface area contributed by atoms with Crippen LogP contribution >= 0.6 is 11.8 Å². The highest BCUT2D eigenvalue weighted by Crippen LogP contribution is 2.45. The lowest BCUT2D eigenvalue weighted by molar-refractivity contribution is 0.0595. The highest BCUT2D eigenvalue weighted by Gasteiger charge is 2.53. The SMILES string of the molecule is CN(Cc1ccccc1)C(=O)N1[C@H]2CS[C@@H]1[C@@H](c1nnn[nH]1)N(C(=O)N(c1ccccc1)c1ccccc1)C2. The minimum absolute atomic E-state index is 0.0774. The van der Waals surface area contributed by atoms with Gasteiger partial charge in [-0.25, -0.2) is 14.7 Å². The van der Waals surface area contributed by atoms with Crippen molar-refractivity contribution in [2.24, 2.45) is 0 Å². The molecule has 0 unspecified atom stereocenters. The van der Waals surface area contributed by atoms with Gasteiger partial charge in [0, 0.05) is 25.9 Å².